The van der Waals surface area contributed by atoms with Crippen LogP contribution in [0.1, 0.15) is 77.5 Å². The number of carbonyl (C=O) groups excluding carboxylic acids is 3. The van der Waals surface area contributed by atoms with E-state index >= 15 is 0 Å². The van der Waals surface area contributed by atoms with E-state index in [2.05, 4.69) is 55.4 Å². The highest BCUT2D eigenvalue weighted by atomic mass is 32.1. The molecular formula is C28H44N4O3S. The topological polar surface area (TPSA) is 91.4 Å². The molecule has 1 aromatic carbocycles. The Labute approximate surface area is 221 Å². The van der Waals surface area contributed by atoms with Crippen LogP contribution in [0.5, 0.6) is 0 Å². The van der Waals surface area contributed by atoms with Crippen LogP contribution in [0.4, 0.5) is 0 Å². The van der Waals surface area contributed by atoms with Crippen molar-refractivity contribution in [1.82, 2.24) is 20.5 Å². The Hall–Kier alpha value is -2.74. The molecule has 0 spiro atoms. The largest absolute Gasteiger partial charge is 0.355 e. The molecule has 0 saturated carbocycles. The van der Waals surface area contributed by atoms with Crippen molar-refractivity contribution in [2.75, 3.05) is 19.6 Å². The first-order chi connectivity index (χ1) is 17.3. The van der Waals surface area contributed by atoms with Crippen molar-refractivity contribution in [2.24, 2.45) is 5.92 Å². The fourth-order valence-electron chi connectivity index (χ4n) is 3.39. The molecule has 0 aliphatic carbocycles. The summed E-state index contributed by atoms with van der Waals surface area (Å²) < 4.78 is 0. The zero-order valence-electron chi connectivity index (χ0n) is 22.6. The summed E-state index contributed by atoms with van der Waals surface area (Å²) in [5.41, 5.74) is 5.18. The number of benzene rings is 1. The van der Waals surface area contributed by atoms with Crippen LogP contribution in [0.25, 0.3) is 10.4 Å². The predicted octanol–water partition coefficient (Wildman–Crippen LogP) is 5.33. The number of unbranched alkanes of at least 4 members (excludes halogenated alkanes) is 2. The molecular weight excluding hydrogens is 472 g/mol. The average Bonchev–Trinajstić information content (AvgIpc) is 3.54. The fourth-order valence-corrected chi connectivity index (χ4v) is 4.20. The van der Waals surface area contributed by atoms with E-state index in [-0.39, 0.29) is 18.4 Å². The van der Waals surface area contributed by atoms with E-state index in [1.165, 1.54) is 10.4 Å². The molecule has 1 aliphatic rings. The molecule has 3 rings (SSSR count). The van der Waals surface area contributed by atoms with Gasteiger partial charge >= 0.3 is 0 Å². The lowest BCUT2D eigenvalue weighted by Crippen LogP contribution is -2.38. The number of amides is 3. The summed E-state index contributed by atoms with van der Waals surface area (Å²) in [7, 11) is 0. The van der Waals surface area contributed by atoms with Gasteiger partial charge in [0.25, 0.3) is 0 Å². The van der Waals surface area contributed by atoms with Gasteiger partial charge in [-0.05, 0) is 43.2 Å². The lowest BCUT2D eigenvalue weighted by Gasteiger charge is -2.15. The number of carbonyl (C=O) groups is 3. The summed E-state index contributed by atoms with van der Waals surface area (Å²) in [6.45, 7) is 13.1. The minimum absolute atomic E-state index is 0.000923. The molecule has 0 unspecified atom stereocenters. The molecule has 0 bridgehead atoms. The highest BCUT2D eigenvalue weighted by Gasteiger charge is 2.17. The molecule has 0 radical (unpaired) electrons. The molecule has 36 heavy (non-hydrogen) atoms. The van der Waals surface area contributed by atoms with Crippen molar-refractivity contribution in [3.05, 3.63) is 41.0 Å². The zero-order valence-corrected chi connectivity index (χ0v) is 23.5. The maximum atomic E-state index is 11.6. The Morgan fingerprint density at radius 3 is 2.28 bits per heavy atom. The van der Waals surface area contributed by atoms with Crippen LogP contribution < -0.4 is 10.6 Å². The van der Waals surface area contributed by atoms with Crippen LogP contribution >= 0.6 is 11.3 Å². The third kappa shape index (κ3) is 13.4. The quantitative estimate of drug-likeness (QED) is 0.330. The number of aryl methyl sites for hydroxylation is 1. The monoisotopic (exact) mass is 516 g/mol. The van der Waals surface area contributed by atoms with E-state index in [0.717, 1.165) is 62.4 Å². The van der Waals surface area contributed by atoms with Crippen LogP contribution in [0, 0.1) is 12.8 Å². The lowest BCUT2D eigenvalue weighted by atomic mass is 10.1. The van der Waals surface area contributed by atoms with Gasteiger partial charge in [0, 0.05) is 26.1 Å². The van der Waals surface area contributed by atoms with Crippen molar-refractivity contribution in [1.29, 1.82) is 0 Å². The molecule has 2 N–H and O–H groups in total. The standard InChI is InChI=1S/C12H22N2O2.C12H12N2OS.C4H10/c1-2-3-4-7-11(15)13-10-12(16)14-8-5-6-9-14;1-9-12(16-8-14-9)11-4-2-10(3-5-11)6-13-7-15;1-4(2)3/h2-10H2,1H3,(H,13,15);2-5,7-8H,6H2,1H3,(H,13,15);4H,1-3H3. The average molecular weight is 517 g/mol. The summed E-state index contributed by atoms with van der Waals surface area (Å²) in [4.78, 5) is 40.4. The molecule has 2 aromatic rings. The molecule has 1 saturated heterocycles. The first-order valence-electron chi connectivity index (χ1n) is 13.0. The number of hydrogen-bond acceptors (Lipinski definition) is 5. The lowest BCUT2D eigenvalue weighted by molar-refractivity contribution is -0.132. The molecule has 1 aromatic heterocycles. The van der Waals surface area contributed by atoms with Gasteiger partial charge in [0.15, 0.2) is 0 Å². The predicted molar refractivity (Wildman–Crippen MR) is 149 cm³/mol. The van der Waals surface area contributed by atoms with E-state index in [9.17, 15) is 14.4 Å². The summed E-state index contributed by atoms with van der Waals surface area (Å²) in [6.07, 6.45) is 6.54. The maximum absolute atomic E-state index is 11.6. The Morgan fingerprint density at radius 1 is 1.11 bits per heavy atom. The van der Waals surface area contributed by atoms with Crippen molar-refractivity contribution >= 4 is 29.6 Å². The molecule has 3 amide bonds. The Kier molecular flexibility index (Phi) is 16.1. The first kappa shape index (κ1) is 31.3. The highest BCUT2D eigenvalue weighted by molar-refractivity contribution is 7.13. The van der Waals surface area contributed by atoms with Gasteiger partial charge in [-0.2, -0.15) is 0 Å². The molecule has 2 heterocycles. The van der Waals surface area contributed by atoms with Crippen LogP contribution in [0.3, 0.4) is 0 Å². The van der Waals surface area contributed by atoms with Crippen molar-refractivity contribution in [2.45, 2.75) is 79.7 Å². The van der Waals surface area contributed by atoms with Gasteiger partial charge in [0.1, 0.15) is 0 Å². The van der Waals surface area contributed by atoms with Gasteiger partial charge in [-0.15, -0.1) is 11.3 Å². The number of aromatic nitrogens is 1. The molecule has 0 atom stereocenters. The van der Waals surface area contributed by atoms with E-state index in [4.69, 9.17) is 0 Å². The Balaban J connectivity index is 0.000000314. The number of likely N-dealkylation sites (tertiary alicyclic amines) is 1. The second-order valence-electron chi connectivity index (χ2n) is 9.52. The van der Waals surface area contributed by atoms with E-state index < -0.39 is 0 Å². The highest BCUT2D eigenvalue weighted by Crippen LogP contribution is 2.27. The van der Waals surface area contributed by atoms with Crippen molar-refractivity contribution in [3.63, 3.8) is 0 Å². The smallest absolute Gasteiger partial charge is 0.241 e. The van der Waals surface area contributed by atoms with Gasteiger partial charge < -0.3 is 15.5 Å². The molecule has 1 aliphatic heterocycles. The van der Waals surface area contributed by atoms with Gasteiger partial charge in [0.05, 0.1) is 22.6 Å². The van der Waals surface area contributed by atoms with Gasteiger partial charge in [-0.25, -0.2) is 4.98 Å². The number of nitrogens with one attached hydrogen (secondary N) is 2. The fraction of sp³-hybridized carbons (Fsp3) is 0.571. The summed E-state index contributed by atoms with van der Waals surface area (Å²) in [6, 6.07) is 8.15. The SMILES string of the molecule is CC(C)C.CCCCCC(=O)NCC(=O)N1CCCC1.Cc1ncsc1-c1ccc(CNC=O)cc1. The second kappa shape index (κ2) is 18.5. The first-order valence-corrected chi connectivity index (χ1v) is 13.9. The van der Waals surface area contributed by atoms with E-state index in [1.807, 2.05) is 29.5 Å². The zero-order chi connectivity index (χ0) is 26.8. The van der Waals surface area contributed by atoms with Crippen LogP contribution in [0.15, 0.2) is 29.8 Å². The number of rotatable bonds is 10. The second-order valence-corrected chi connectivity index (χ2v) is 10.4. The third-order valence-corrected chi connectivity index (χ3v) is 6.23. The van der Waals surface area contributed by atoms with Crippen molar-refractivity contribution < 1.29 is 14.4 Å². The Morgan fingerprint density at radius 2 is 1.75 bits per heavy atom. The van der Waals surface area contributed by atoms with Gasteiger partial charge in [-0.1, -0.05) is 64.8 Å². The number of hydrogen-bond donors (Lipinski definition) is 2. The summed E-state index contributed by atoms with van der Waals surface area (Å²) in [5, 5.41) is 5.33. The summed E-state index contributed by atoms with van der Waals surface area (Å²) in [5.74, 6) is 0.891. The molecule has 1 fully saturated rings. The van der Waals surface area contributed by atoms with E-state index in [1.54, 1.807) is 11.3 Å². The molecule has 7 nitrogen and oxygen atoms in total. The third-order valence-electron chi connectivity index (χ3n) is 5.25. The minimum Gasteiger partial charge on any atom is -0.355 e. The molecule has 200 valence electrons. The number of thiazole rings is 1. The number of nitrogens with zero attached hydrogens (tertiary/aromatic N) is 2. The van der Waals surface area contributed by atoms with E-state index in [0.29, 0.717) is 19.4 Å². The van der Waals surface area contributed by atoms with Crippen LogP contribution in [-0.2, 0) is 20.9 Å². The maximum Gasteiger partial charge on any atom is 0.241 e. The minimum atomic E-state index is 0.000923. The summed E-state index contributed by atoms with van der Waals surface area (Å²) >= 11 is 1.64. The van der Waals surface area contributed by atoms with Gasteiger partial charge in [0.2, 0.25) is 18.2 Å². The molecule has 8 heteroatoms. The van der Waals surface area contributed by atoms with Crippen LogP contribution in [0.2, 0.25) is 0 Å². The van der Waals surface area contributed by atoms with Crippen molar-refractivity contribution in [3.8, 4) is 10.4 Å². The Bertz CT molecular complexity index is 888. The normalized spacial score (nSPS) is 12.2. The van der Waals surface area contributed by atoms with Gasteiger partial charge in [-0.3, -0.25) is 14.4 Å². The van der Waals surface area contributed by atoms with Crippen LogP contribution in [-0.4, -0.2) is 47.7 Å².